The van der Waals surface area contributed by atoms with Gasteiger partial charge in [-0.1, -0.05) is 32.0 Å². The van der Waals surface area contributed by atoms with E-state index in [0.29, 0.717) is 5.92 Å². The van der Waals surface area contributed by atoms with Gasteiger partial charge in [-0.25, -0.2) is 4.98 Å². The lowest BCUT2D eigenvalue weighted by Gasteiger charge is -2.21. The van der Waals surface area contributed by atoms with Gasteiger partial charge in [0.15, 0.2) is 0 Å². The van der Waals surface area contributed by atoms with E-state index in [0.717, 1.165) is 13.1 Å². The Labute approximate surface area is 113 Å². The number of benzene rings is 1. The number of hydrogen-bond acceptors (Lipinski definition) is 3. The molecule has 2 aromatic rings. The van der Waals surface area contributed by atoms with Gasteiger partial charge in [-0.05, 0) is 19.1 Å². The second-order valence-corrected chi connectivity index (χ2v) is 5.57. The Morgan fingerprint density at radius 2 is 1.94 bits per heavy atom. The number of nitrogens with zero attached hydrogens (tertiary/aromatic N) is 2. The zero-order valence-corrected chi connectivity index (χ0v) is 12.1. The molecule has 0 radical (unpaired) electrons. The molecule has 18 heavy (non-hydrogen) atoms. The summed E-state index contributed by atoms with van der Waals surface area (Å²) in [4.78, 5) is 7.05. The molecule has 0 aliphatic heterocycles. The van der Waals surface area contributed by atoms with Crippen molar-refractivity contribution in [2.24, 2.45) is 0 Å². The lowest BCUT2D eigenvalue weighted by atomic mass is 10.2. The van der Waals surface area contributed by atoms with Crippen molar-refractivity contribution in [3.05, 3.63) is 46.4 Å². The molecular formula is C15H20N2S. The molecule has 0 atom stereocenters. The van der Waals surface area contributed by atoms with Gasteiger partial charge in [-0.15, -0.1) is 11.3 Å². The van der Waals surface area contributed by atoms with E-state index in [2.05, 4.69) is 61.4 Å². The molecule has 0 N–H and O–H groups in total. The standard InChI is InChI=1S/C15H20N2S/c1-4-17(14-8-6-5-7-9-14)10-13-11-18-15(16-13)12(2)3/h5-9,11-12H,4,10H2,1-3H3. The van der Waals surface area contributed by atoms with Crippen LogP contribution in [0.3, 0.4) is 0 Å². The molecule has 0 fully saturated rings. The lowest BCUT2D eigenvalue weighted by Crippen LogP contribution is -2.22. The monoisotopic (exact) mass is 260 g/mol. The zero-order chi connectivity index (χ0) is 13.0. The third-order valence-corrected chi connectivity index (χ3v) is 4.11. The number of anilines is 1. The molecule has 2 nitrogen and oxygen atoms in total. The normalized spacial score (nSPS) is 10.9. The fourth-order valence-corrected chi connectivity index (χ4v) is 2.71. The summed E-state index contributed by atoms with van der Waals surface area (Å²) in [6, 6.07) is 10.5. The highest BCUT2D eigenvalue weighted by molar-refractivity contribution is 7.09. The summed E-state index contributed by atoms with van der Waals surface area (Å²) in [5.74, 6) is 0.524. The molecule has 0 saturated carbocycles. The molecule has 1 aromatic heterocycles. The van der Waals surface area contributed by atoms with Gasteiger partial charge in [0, 0.05) is 23.5 Å². The Morgan fingerprint density at radius 3 is 2.50 bits per heavy atom. The van der Waals surface area contributed by atoms with Gasteiger partial charge in [0.25, 0.3) is 0 Å². The molecule has 2 rings (SSSR count). The van der Waals surface area contributed by atoms with Crippen LogP contribution >= 0.6 is 11.3 Å². The molecule has 0 unspecified atom stereocenters. The lowest BCUT2D eigenvalue weighted by molar-refractivity contribution is 0.792. The Morgan fingerprint density at radius 1 is 1.22 bits per heavy atom. The topological polar surface area (TPSA) is 16.1 Å². The zero-order valence-electron chi connectivity index (χ0n) is 11.3. The van der Waals surface area contributed by atoms with E-state index in [4.69, 9.17) is 4.98 Å². The van der Waals surface area contributed by atoms with Gasteiger partial charge >= 0.3 is 0 Å². The summed E-state index contributed by atoms with van der Waals surface area (Å²) < 4.78 is 0. The molecule has 3 heteroatoms. The van der Waals surface area contributed by atoms with Gasteiger partial charge < -0.3 is 4.90 Å². The minimum absolute atomic E-state index is 0.524. The number of thiazole rings is 1. The van der Waals surface area contributed by atoms with Crippen LogP contribution in [-0.2, 0) is 6.54 Å². The molecule has 0 spiro atoms. The fourth-order valence-electron chi connectivity index (χ4n) is 1.88. The third-order valence-electron chi connectivity index (χ3n) is 2.92. The van der Waals surface area contributed by atoms with Crippen molar-refractivity contribution >= 4 is 17.0 Å². The van der Waals surface area contributed by atoms with Crippen molar-refractivity contribution in [3.8, 4) is 0 Å². The predicted octanol–water partition coefficient (Wildman–Crippen LogP) is 4.29. The summed E-state index contributed by atoms with van der Waals surface area (Å²) in [7, 11) is 0. The molecule has 1 heterocycles. The van der Waals surface area contributed by atoms with Gasteiger partial charge in [-0.3, -0.25) is 0 Å². The summed E-state index contributed by atoms with van der Waals surface area (Å²) in [6.45, 7) is 8.46. The first-order chi connectivity index (χ1) is 8.70. The number of para-hydroxylation sites is 1. The van der Waals surface area contributed by atoms with Crippen LogP contribution in [0.5, 0.6) is 0 Å². The van der Waals surface area contributed by atoms with Gasteiger partial charge in [0.05, 0.1) is 17.2 Å². The maximum atomic E-state index is 4.70. The second-order valence-electron chi connectivity index (χ2n) is 4.68. The SMILES string of the molecule is CCN(Cc1csc(C(C)C)n1)c1ccccc1. The second kappa shape index (κ2) is 6.01. The Hall–Kier alpha value is -1.35. The number of rotatable bonds is 5. The largest absolute Gasteiger partial charge is 0.366 e. The summed E-state index contributed by atoms with van der Waals surface area (Å²) in [5, 5.41) is 3.41. The van der Waals surface area contributed by atoms with Gasteiger partial charge in [-0.2, -0.15) is 0 Å². The van der Waals surface area contributed by atoms with Crippen LogP contribution in [0.4, 0.5) is 5.69 Å². The molecule has 0 aliphatic carbocycles. The Balaban J connectivity index is 2.10. The molecule has 0 amide bonds. The maximum absolute atomic E-state index is 4.70. The quantitative estimate of drug-likeness (QED) is 0.797. The van der Waals surface area contributed by atoms with E-state index < -0.39 is 0 Å². The molecule has 0 saturated heterocycles. The van der Waals surface area contributed by atoms with E-state index >= 15 is 0 Å². The highest BCUT2D eigenvalue weighted by Crippen LogP contribution is 2.22. The van der Waals surface area contributed by atoms with Crippen LogP contribution in [0.2, 0.25) is 0 Å². The Bertz CT molecular complexity index is 476. The Kier molecular flexibility index (Phi) is 4.37. The van der Waals surface area contributed by atoms with Crippen molar-refractivity contribution in [1.82, 2.24) is 4.98 Å². The molecule has 0 bridgehead atoms. The van der Waals surface area contributed by atoms with Crippen molar-refractivity contribution in [3.63, 3.8) is 0 Å². The molecule has 0 aliphatic rings. The minimum Gasteiger partial charge on any atom is -0.366 e. The van der Waals surface area contributed by atoms with E-state index in [1.54, 1.807) is 11.3 Å². The van der Waals surface area contributed by atoms with Crippen molar-refractivity contribution < 1.29 is 0 Å². The van der Waals surface area contributed by atoms with E-state index in [1.165, 1.54) is 16.4 Å². The van der Waals surface area contributed by atoms with Crippen LogP contribution in [0.1, 0.15) is 37.4 Å². The predicted molar refractivity (Wildman–Crippen MR) is 79.4 cm³/mol. The summed E-state index contributed by atoms with van der Waals surface area (Å²) in [5.41, 5.74) is 2.44. The van der Waals surface area contributed by atoms with E-state index in [-0.39, 0.29) is 0 Å². The highest BCUT2D eigenvalue weighted by atomic mass is 32.1. The van der Waals surface area contributed by atoms with Crippen molar-refractivity contribution in [1.29, 1.82) is 0 Å². The van der Waals surface area contributed by atoms with Gasteiger partial charge in [0.1, 0.15) is 0 Å². The smallest absolute Gasteiger partial charge is 0.0954 e. The molecule has 1 aromatic carbocycles. The molecular weight excluding hydrogens is 240 g/mol. The first-order valence-corrected chi connectivity index (χ1v) is 7.33. The van der Waals surface area contributed by atoms with E-state index in [9.17, 15) is 0 Å². The highest BCUT2D eigenvalue weighted by Gasteiger charge is 2.09. The van der Waals surface area contributed by atoms with E-state index in [1.807, 2.05) is 0 Å². The average molecular weight is 260 g/mol. The number of aromatic nitrogens is 1. The van der Waals surface area contributed by atoms with Crippen LogP contribution in [0.25, 0.3) is 0 Å². The van der Waals surface area contributed by atoms with Crippen LogP contribution < -0.4 is 4.90 Å². The minimum atomic E-state index is 0.524. The van der Waals surface area contributed by atoms with Crippen molar-refractivity contribution in [2.45, 2.75) is 33.2 Å². The average Bonchev–Trinajstić information content (AvgIpc) is 2.86. The summed E-state index contributed by atoms with van der Waals surface area (Å²) in [6.07, 6.45) is 0. The summed E-state index contributed by atoms with van der Waals surface area (Å²) >= 11 is 1.77. The van der Waals surface area contributed by atoms with Crippen LogP contribution in [0, 0.1) is 0 Å². The van der Waals surface area contributed by atoms with Crippen molar-refractivity contribution in [2.75, 3.05) is 11.4 Å². The fraction of sp³-hybridized carbons (Fsp3) is 0.400. The maximum Gasteiger partial charge on any atom is 0.0954 e. The van der Waals surface area contributed by atoms with Crippen LogP contribution in [0.15, 0.2) is 35.7 Å². The molecule has 96 valence electrons. The first-order valence-electron chi connectivity index (χ1n) is 6.45. The first kappa shape index (κ1) is 13.1. The third kappa shape index (κ3) is 3.10. The number of hydrogen-bond donors (Lipinski definition) is 0. The van der Waals surface area contributed by atoms with Gasteiger partial charge in [0.2, 0.25) is 0 Å². The van der Waals surface area contributed by atoms with Crippen LogP contribution in [-0.4, -0.2) is 11.5 Å².